The zero-order valence-corrected chi connectivity index (χ0v) is 14.3. The lowest BCUT2D eigenvalue weighted by Gasteiger charge is -2.25. The van der Waals surface area contributed by atoms with Gasteiger partial charge in [-0.2, -0.15) is 0 Å². The van der Waals surface area contributed by atoms with E-state index in [1.165, 1.54) is 56.9 Å². The highest BCUT2D eigenvalue weighted by Crippen LogP contribution is 2.31. The second-order valence-corrected chi connectivity index (χ2v) is 6.62. The third kappa shape index (κ3) is 5.72. The molecule has 0 unspecified atom stereocenters. The minimum absolute atomic E-state index is 0.758. The van der Waals surface area contributed by atoms with Gasteiger partial charge < -0.3 is 0 Å². The topological polar surface area (TPSA) is 0 Å². The lowest BCUT2D eigenvalue weighted by atomic mass is 9.81. The predicted molar refractivity (Wildman–Crippen MR) is 96.8 cm³/mol. The Morgan fingerprint density at radius 3 is 2.41 bits per heavy atom. The molecule has 0 spiro atoms. The molecule has 0 aliphatic heterocycles. The van der Waals surface area contributed by atoms with Crippen LogP contribution in [0.5, 0.6) is 0 Å². The fourth-order valence-corrected chi connectivity index (χ4v) is 3.23. The van der Waals surface area contributed by atoms with Crippen LogP contribution in [0.1, 0.15) is 69.9 Å². The summed E-state index contributed by atoms with van der Waals surface area (Å²) in [6.07, 6.45) is 15.0. The largest absolute Gasteiger partial charge is 0.0730 e. The van der Waals surface area contributed by atoms with Gasteiger partial charge in [-0.05, 0) is 74.1 Å². The Labute approximate surface area is 137 Å². The van der Waals surface area contributed by atoms with Crippen LogP contribution in [-0.2, 0) is 6.42 Å². The average Bonchev–Trinajstić information content (AvgIpc) is 2.58. The fraction of sp³-hybridized carbons (Fsp3) is 0.545. The van der Waals surface area contributed by atoms with Crippen molar-refractivity contribution in [1.29, 1.82) is 0 Å². The molecule has 1 saturated carbocycles. The number of allylic oxidation sites excluding steroid dienone is 2. The molecule has 0 N–H and O–H groups in total. The number of rotatable bonds is 5. The third-order valence-corrected chi connectivity index (χ3v) is 4.91. The van der Waals surface area contributed by atoms with E-state index in [2.05, 4.69) is 62.1 Å². The molecule has 1 aromatic rings. The molecule has 0 heteroatoms. The van der Waals surface area contributed by atoms with Gasteiger partial charge in [-0.1, -0.05) is 56.7 Å². The first-order valence-electron chi connectivity index (χ1n) is 9.09. The summed E-state index contributed by atoms with van der Waals surface area (Å²) in [4.78, 5) is 0. The van der Waals surface area contributed by atoms with Crippen molar-refractivity contribution in [2.45, 2.75) is 65.2 Å². The standard InChI is InChI=1S/C22H30/c1-3-5-8-20-15-17-22(18-16-20)10-7-6-9-21-13-11-19(4-2)12-14-21/h6,9,15-19,21H,3-5,8,11-14H2,1-2H3/b9-6+. The van der Waals surface area contributed by atoms with Crippen LogP contribution >= 0.6 is 0 Å². The molecule has 0 radical (unpaired) electrons. The summed E-state index contributed by atoms with van der Waals surface area (Å²) in [6.45, 7) is 4.56. The highest BCUT2D eigenvalue weighted by atomic mass is 14.2. The second kappa shape index (κ2) is 9.52. The lowest BCUT2D eigenvalue weighted by molar-refractivity contribution is 0.304. The molecule has 1 aliphatic carbocycles. The Bertz CT molecular complexity index is 501. The molecule has 1 aliphatic rings. The van der Waals surface area contributed by atoms with Gasteiger partial charge in [0.2, 0.25) is 0 Å². The van der Waals surface area contributed by atoms with Gasteiger partial charge in [-0.15, -0.1) is 0 Å². The highest BCUT2D eigenvalue weighted by molar-refractivity contribution is 5.38. The maximum Gasteiger partial charge on any atom is 0.0249 e. The summed E-state index contributed by atoms with van der Waals surface area (Å²) in [5.74, 6) is 8.19. The van der Waals surface area contributed by atoms with Gasteiger partial charge in [0.05, 0.1) is 0 Å². The number of benzene rings is 1. The van der Waals surface area contributed by atoms with Gasteiger partial charge in [0.1, 0.15) is 0 Å². The molecule has 0 saturated heterocycles. The van der Waals surface area contributed by atoms with Crippen LogP contribution in [-0.4, -0.2) is 0 Å². The van der Waals surface area contributed by atoms with Gasteiger partial charge in [0.25, 0.3) is 0 Å². The molecular formula is C22H30. The van der Waals surface area contributed by atoms with Gasteiger partial charge in [-0.3, -0.25) is 0 Å². The number of hydrogen-bond acceptors (Lipinski definition) is 0. The average molecular weight is 294 g/mol. The zero-order chi connectivity index (χ0) is 15.6. The lowest BCUT2D eigenvalue weighted by Crippen LogP contribution is -2.11. The van der Waals surface area contributed by atoms with Crippen molar-refractivity contribution >= 4 is 0 Å². The van der Waals surface area contributed by atoms with Crippen LogP contribution in [0.2, 0.25) is 0 Å². The van der Waals surface area contributed by atoms with E-state index in [0.29, 0.717) is 0 Å². The van der Waals surface area contributed by atoms with Crippen LogP contribution in [0.25, 0.3) is 0 Å². The van der Waals surface area contributed by atoms with E-state index in [1.807, 2.05) is 0 Å². The van der Waals surface area contributed by atoms with Crippen molar-refractivity contribution in [2.75, 3.05) is 0 Å². The van der Waals surface area contributed by atoms with Crippen LogP contribution in [0.3, 0.4) is 0 Å². The van der Waals surface area contributed by atoms with E-state index < -0.39 is 0 Å². The van der Waals surface area contributed by atoms with Crippen molar-refractivity contribution in [2.24, 2.45) is 11.8 Å². The molecule has 2 rings (SSSR count). The molecule has 1 aromatic carbocycles. The van der Waals surface area contributed by atoms with E-state index in [0.717, 1.165) is 17.4 Å². The smallest absolute Gasteiger partial charge is 0.0249 e. The van der Waals surface area contributed by atoms with Crippen molar-refractivity contribution in [3.05, 3.63) is 47.5 Å². The minimum Gasteiger partial charge on any atom is -0.0730 e. The Balaban J connectivity index is 1.79. The van der Waals surface area contributed by atoms with Crippen LogP contribution in [0.4, 0.5) is 0 Å². The highest BCUT2D eigenvalue weighted by Gasteiger charge is 2.17. The van der Waals surface area contributed by atoms with Crippen LogP contribution < -0.4 is 0 Å². The molecule has 0 amide bonds. The molecule has 22 heavy (non-hydrogen) atoms. The SMILES string of the molecule is CCCCc1ccc(C#C/C=C/C2CCC(CC)CC2)cc1. The summed E-state index contributed by atoms with van der Waals surface area (Å²) in [5, 5.41) is 0. The number of aryl methyl sites for hydroxylation is 1. The summed E-state index contributed by atoms with van der Waals surface area (Å²) in [7, 11) is 0. The summed E-state index contributed by atoms with van der Waals surface area (Å²) < 4.78 is 0. The van der Waals surface area contributed by atoms with Crippen LogP contribution in [0.15, 0.2) is 36.4 Å². The van der Waals surface area contributed by atoms with E-state index in [1.54, 1.807) is 0 Å². The first kappa shape index (κ1) is 16.9. The first-order chi connectivity index (χ1) is 10.8. The summed E-state index contributed by atoms with van der Waals surface area (Å²) >= 11 is 0. The first-order valence-corrected chi connectivity index (χ1v) is 9.09. The Morgan fingerprint density at radius 2 is 1.77 bits per heavy atom. The third-order valence-electron chi connectivity index (χ3n) is 4.91. The van der Waals surface area contributed by atoms with Gasteiger partial charge in [-0.25, -0.2) is 0 Å². The van der Waals surface area contributed by atoms with Crippen molar-refractivity contribution in [1.82, 2.24) is 0 Å². The second-order valence-electron chi connectivity index (χ2n) is 6.62. The maximum absolute atomic E-state index is 3.25. The summed E-state index contributed by atoms with van der Waals surface area (Å²) in [5.41, 5.74) is 2.55. The normalized spacial score (nSPS) is 21.5. The fourth-order valence-electron chi connectivity index (χ4n) is 3.23. The quantitative estimate of drug-likeness (QED) is 0.571. The van der Waals surface area contributed by atoms with E-state index in [4.69, 9.17) is 0 Å². The predicted octanol–water partition coefficient (Wildman–Crippen LogP) is 6.15. The maximum atomic E-state index is 3.25. The van der Waals surface area contributed by atoms with Crippen molar-refractivity contribution in [3.8, 4) is 11.8 Å². The summed E-state index contributed by atoms with van der Waals surface area (Å²) in [6, 6.07) is 8.74. The molecule has 0 bridgehead atoms. The minimum atomic E-state index is 0.758. The van der Waals surface area contributed by atoms with Crippen molar-refractivity contribution in [3.63, 3.8) is 0 Å². The monoisotopic (exact) mass is 294 g/mol. The Morgan fingerprint density at radius 1 is 1.05 bits per heavy atom. The Kier molecular flexibility index (Phi) is 7.31. The Hall–Kier alpha value is -1.48. The van der Waals surface area contributed by atoms with Gasteiger partial charge in [0, 0.05) is 5.56 Å². The molecule has 0 atom stereocenters. The van der Waals surface area contributed by atoms with Crippen LogP contribution in [0, 0.1) is 23.7 Å². The molecule has 1 fully saturated rings. The van der Waals surface area contributed by atoms with E-state index >= 15 is 0 Å². The van der Waals surface area contributed by atoms with Gasteiger partial charge in [0.15, 0.2) is 0 Å². The molecule has 0 nitrogen and oxygen atoms in total. The molecule has 0 aromatic heterocycles. The number of unbranched alkanes of at least 4 members (excludes halogenated alkanes) is 1. The molecule has 118 valence electrons. The number of hydrogen-bond donors (Lipinski definition) is 0. The zero-order valence-electron chi connectivity index (χ0n) is 14.3. The molecular weight excluding hydrogens is 264 g/mol. The van der Waals surface area contributed by atoms with E-state index in [-0.39, 0.29) is 0 Å². The van der Waals surface area contributed by atoms with Gasteiger partial charge >= 0.3 is 0 Å². The van der Waals surface area contributed by atoms with Crippen molar-refractivity contribution < 1.29 is 0 Å². The molecule has 0 heterocycles. The van der Waals surface area contributed by atoms with E-state index in [9.17, 15) is 0 Å².